The van der Waals surface area contributed by atoms with Crippen LogP contribution >= 0.6 is 0 Å². The topological polar surface area (TPSA) is 69.1 Å². The van der Waals surface area contributed by atoms with Crippen LogP contribution in [-0.4, -0.2) is 86.2 Å². The molecule has 2 heterocycles. The first-order valence-electron chi connectivity index (χ1n) is 9.98. The van der Waals surface area contributed by atoms with Gasteiger partial charge >= 0.3 is 0 Å². The van der Waals surface area contributed by atoms with Crippen molar-refractivity contribution in [1.82, 2.24) is 25.1 Å². The molecule has 8 heteroatoms. The maximum atomic E-state index is 5.22. The van der Waals surface area contributed by atoms with Crippen LogP contribution in [0.3, 0.4) is 0 Å². The molecule has 1 aliphatic heterocycles. The highest BCUT2D eigenvalue weighted by atomic mass is 16.5. The smallest absolute Gasteiger partial charge is 0.225 e. The highest BCUT2D eigenvalue weighted by molar-refractivity contribution is 5.79. The van der Waals surface area contributed by atoms with E-state index in [1.807, 2.05) is 25.2 Å². The first-order chi connectivity index (χ1) is 14.2. The van der Waals surface area contributed by atoms with Gasteiger partial charge in [0.2, 0.25) is 5.95 Å². The standard InChI is InChI=1S/C21H31N7O/c1-22-20(26(2)17-18-5-7-19(29-3)8-6-18)25-11-12-27-13-15-28(16-14-27)21-23-9-4-10-24-21/h4-10H,11-17H2,1-3H3,(H,22,25). The summed E-state index contributed by atoms with van der Waals surface area (Å²) >= 11 is 0. The number of piperazine rings is 1. The lowest BCUT2D eigenvalue weighted by Crippen LogP contribution is -2.49. The predicted molar refractivity (Wildman–Crippen MR) is 117 cm³/mol. The molecule has 1 saturated heterocycles. The summed E-state index contributed by atoms with van der Waals surface area (Å²) in [7, 11) is 5.56. The number of ether oxygens (including phenoxy) is 1. The number of hydrogen-bond acceptors (Lipinski definition) is 6. The average molecular weight is 398 g/mol. The Labute approximate surface area is 173 Å². The summed E-state index contributed by atoms with van der Waals surface area (Å²) in [5, 5.41) is 3.47. The van der Waals surface area contributed by atoms with Crippen molar-refractivity contribution in [1.29, 1.82) is 0 Å². The molecule has 1 aromatic heterocycles. The molecule has 2 aromatic rings. The molecule has 0 bridgehead atoms. The molecule has 0 saturated carbocycles. The van der Waals surface area contributed by atoms with Gasteiger partial charge in [-0.15, -0.1) is 0 Å². The molecule has 1 fully saturated rings. The molecule has 0 unspecified atom stereocenters. The van der Waals surface area contributed by atoms with Crippen LogP contribution in [-0.2, 0) is 6.54 Å². The summed E-state index contributed by atoms with van der Waals surface area (Å²) in [6, 6.07) is 9.99. The number of benzene rings is 1. The molecule has 0 atom stereocenters. The number of nitrogens with zero attached hydrogens (tertiary/aromatic N) is 6. The fraction of sp³-hybridized carbons (Fsp3) is 0.476. The molecule has 8 nitrogen and oxygen atoms in total. The van der Waals surface area contributed by atoms with Gasteiger partial charge in [0.25, 0.3) is 0 Å². The highest BCUT2D eigenvalue weighted by Crippen LogP contribution is 2.12. The lowest BCUT2D eigenvalue weighted by Gasteiger charge is -2.34. The van der Waals surface area contributed by atoms with Gasteiger partial charge in [-0.25, -0.2) is 9.97 Å². The Balaban J connectivity index is 1.39. The molecule has 3 rings (SSSR count). The third kappa shape index (κ3) is 6.05. The lowest BCUT2D eigenvalue weighted by molar-refractivity contribution is 0.259. The summed E-state index contributed by atoms with van der Waals surface area (Å²) in [4.78, 5) is 19.9. The fourth-order valence-electron chi connectivity index (χ4n) is 3.42. The molecular weight excluding hydrogens is 366 g/mol. The number of methoxy groups -OCH3 is 1. The van der Waals surface area contributed by atoms with E-state index >= 15 is 0 Å². The largest absolute Gasteiger partial charge is 0.497 e. The zero-order valence-corrected chi connectivity index (χ0v) is 17.6. The van der Waals surface area contributed by atoms with Crippen molar-refractivity contribution in [2.75, 3.05) is 65.4 Å². The Bertz CT molecular complexity index is 758. The summed E-state index contributed by atoms with van der Waals surface area (Å²) in [6.45, 7) is 6.58. The summed E-state index contributed by atoms with van der Waals surface area (Å²) in [5.74, 6) is 2.60. The summed E-state index contributed by atoms with van der Waals surface area (Å²) in [6.07, 6.45) is 3.60. The van der Waals surface area contributed by atoms with Crippen molar-refractivity contribution < 1.29 is 4.74 Å². The molecule has 0 spiro atoms. The number of guanidine groups is 1. The number of rotatable bonds is 7. The second kappa shape index (κ2) is 10.6. The van der Waals surface area contributed by atoms with Gasteiger partial charge < -0.3 is 19.9 Å². The van der Waals surface area contributed by atoms with E-state index in [4.69, 9.17) is 4.74 Å². The van der Waals surface area contributed by atoms with Crippen molar-refractivity contribution in [3.05, 3.63) is 48.3 Å². The van der Waals surface area contributed by atoms with E-state index in [0.717, 1.165) is 63.5 Å². The van der Waals surface area contributed by atoms with E-state index in [9.17, 15) is 0 Å². The van der Waals surface area contributed by atoms with Crippen LogP contribution in [0.4, 0.5) is 5.95 Å². The minimum atomic E-state index is 0.791. The average Bonchev–Trinajstić information content (AvgIpc) is 2.78. The van der Waals surface area contributed by atoms with Crippen LogP contribution in [0.5, 0.6) is 5.75 Å². The van der Waals surface area contributed by atoms with E-state index in [0.29, 0.717) is 0 Å². The van der Waals surface area contributed by atoms with Gasteiger partial charge in [0.15, 0.2) is 5.96 Å². The van der Waals surface area contributed by atoms with Crippen molar-refractivity contribution >= 4 is 11.9 Å². The minimum Gasteiger partial charge on any atom is -0.497 e. The van der Waals surface area contributed by atoms with Gasteiger partial charge in [-0.1, -0.05) is 12.1 Å². The molecule has 1 aromatic carbocycles. The van der Waals surface area contributed by atoms with Gasteiger partial charge in [0.05, 0.1) is 7.11 Å². The summed E-state index contributed by atoms with van der Waals surface area (Å²) in [5.41, 5.74) is 1.22. The minimum absolute atomic E-state index is 0.791. The SMILES string of the molecule is CN=C(NCCN1CCN(c2ncccn2)CC1)N(C)Cc1ccc(OC)cc1. The molecule has 156 valence electrons. The Kier molecular flexibility index (Phi) is 7.63. The fourth-order valence-corrected chi connectivity index (χ4v) is 3.42. The Morgan fingerprint density at radius 3 is 2.45 bits per heavy atom. The van der Waals surface area contributed by atoms with Crippen LogP contribution < -0.4 is 15.0 Å². The normalized spacial score (nSPS) is 15.3. The van der Waals surface area contributed by atoms with Crippen molar-refractivity contribution in [3.63, 3.8) is 0 Å². The van der Waals surface area contributed by atoms with Crippen molar-refractivity contribution in [2.24, 2.45) is 4.99 Å². The van der Waals surface area contributed by atoms with Gasteiger partial charge in [-0.05, 0) is 23.8 Å². The molecular formula is C21H31N7O. The lowest BCUT2D eigenvalue weighted by atomic mass is 10.2. The van der Waals surface area contributed by atoms with Crippen LogP contribution in [0.1, 0.15) is 5.56 Å². The molecule has 0 amide bonds. The quantitative estimate of drug-likeness (QED) is 0.558. The highest BCUT2D eigenvalue weighted by Gasteiger charge is 2.18. The zero-order valence-electron chi connectivity index (χ0n) is 17.6. The Hall–Kier alpha value is -2.87. The molecule has 0 aliphatic carbocycles. The second-order valence-corrected chi connectivity index (χ2v) is 7.06. The van der Waals surface area contributed by atoms with E-state index in [1.54, 1.807) is 19.5 Å². The number of anilines is 1. The molecule has 1 aliphatic rings. The van der Waals surface area contributed by atoms with Crippen LogP contribution in [0, 0.1) is 0 Å². The van der Waals surface area contributed by atoms with E-state index in [1.165, 1.54) is 5.56 Å². The van der Waals surface area contributed by atoms with E-state index in [2.05, 4.69) is 54.2 Å². The maximum Gasteiger partial charge on any atom is 0.225 e. The van der Waals surface area contributed by atoms with Gasteiger partial charge in [0, 0.05) is 72.3 Å². The maximum absolute atomic E-state index is 5.22. The number of aliphatic imine (C=N–C) groups is 1. The third-order valence-electron chi connectivity index (χ3n) is 5.07. The molecule has 1 N–H and O–H groups in total. The number of nitrogens with one attached hydrogen (secondary N) is 1. The zero-order chi connectivity index (χ0) is 20.5. The molecule has 29 heavy (non-hydrogen) atoms. The van der Waals surface area contributed by atoms with E-state index < -0.39 is 0 Å². The van der Waals surface area contributed by atoms with Gasteiger partial charge in [-0.3, -0.25) is 9.89 Å². The van der Waals surface area contributed by atoms with Crippen LogP contribution in [0.2, 0.25) is 0 Å². The number of hydrogen-bond donors (Lipinski definition) is 1. The molecule has 0 radical (unpaired) electrons. The first-order valence-corrected chi connectivity index (χ1v) is 9.98. The van der Waals surface area contributed by atoms with Gasteiger partial charge in [0.1, 0.15) is 5.75 Å². The number of aromatic nitrogens is 2. The second-order valence-electron chi connectivity index (χ2n) is 7.06. The third-order valence-corrected chi connectivity index (χ3v) is 5.07. The predicted octanol–water partition coefficient (Wildman–Crippen LogP) is 1.31. The van der Waals surface area contributed by atoms with E-state index in [-0.39, 0.29) is 0 Å². The Morgan fingerprint density at radius 1 is 1.14 bits per heavy atom. The van der Waals surface area contributed by atoms with Crippen molar-refractivity contribution in [2.45, 2.75) is 6.54 Å². The Morgan fingerprint density at radius 2 is 1.83 bits per heavy atom. The first kappa shape index (κ1) is 20.9. The van der Waals surface area contributed by atoms with Crippen LogP contribution in [0.15, 0.2) is 47.7 Å². The van der Waals surface area contributed by atoms with Gasteiger partial charge in [-0.2, -0.15) is 0 Å². The van der Waals surface area contributed by atoms with Crippen molar-refractivity contribution in [3.8, 4) is 5.75 Å². The summed E-state index contributed by atoms with van der Waals surface area (Å²) < 4.78 is 5.22. The monoisotopic (exact) mass is 397 g/mol. The van der Waals surface area contributed by atoms with Crippen LogP contribution in [0.25, 0.3) is 0 Å².